The Bertz CT molecular complexity index is 1120. The van der Waals surface area contributed by atoms with E-state index in [2.05, 4.69) is 4.98 Å². The SMILES string of the molecule is CCOc1cccc2c1O[C@@H](c1ccncc1)N1N=C(c3cc(Cl)ccc3O)C[C@@H]21. The Morgan fingerprint density at radius 1 is 1.20 bits per heavy atom. The van der Waals surface area contributed by atoms with Gasteiger partial charge in [-0.15, -0.1) is 0 Å². The van der Waals surface area contributed by atoms with Crippen LogP contribution in [0.1, 0.15) is 42.3 Å². The van der Waals surface area contributed by atoms with Crippen LogP contribution < -0.4 is 9.47 Å². The molecule has 0 fully saturated rings. The van der Waals surface area contributed by atoms with E-state index >= 15 is 0 Å². The molecule has 1 N–H and O–H groups in total. The third-order valence-electron chi connectivity index (χ3n) is 5.34. The molecule has 2 aliphatic heterocycles. The van der Waals surface area contributed by atoms with Crippen molar-refractivity contribution in [3.63, 3.8) is 0 Å². The summed E-state index contributed by atoms with van der Waals surface area (Å²) in [7, 11) is 0. The summed E-state index contributed by atoms with van der Waals surface area (Å²) >= 11 is 6.18. The Morgan fingerprint density at radius 3 is 2.83 bits per heavy atom. The lowest BCUT2D eigenvalue weighted by Gasteiger charge is -2.38. The summed E-state index contributed by atoms with van der Waals surface area (Å²) < 4.78 is 12.3. The van der Waals surface area contributed by atoms with Crippen molar-refractivity contribution in [1.82, 2.24) is 9.99 Å². The van der Waals surface area contributed by atoms with E-state index in [4.69, 9.17) is 26.2 Å². The molecule has 6 nitrogen and oxygen atoms in total. The number of fused-ring (bicyclic) bond motifs is 3. The van der Waals surface area contributed by atoms with Gasteiger partial charge in [0, 0.05) is 40.5 Å². The highest BCUT2D eigenvalue weighted by molar-refractivity contribution is 6.31. The lowest BCUT2D eigenvalue weighted by atomic mass is 9.95. The Balaban J connectivity index is 1.63. The van der Waals surface area contributed by atoms with Crippen LogP contribution in [0.2, 0.25) is 5.02 Å². The topological polar surface area (TPSA) is 67.2 Å². The van der Waals surface area contributed by atoms with E-state index in [0.717, 1.165) is 22.6 Å². The number of aromatic hydroxyl groups is 1. The molecule has 0 unspecified atom stereocenters. The first kappa shape index (κ1) is 18.8. The summed E-state index contributed by atoms with van der Waals surface area (Å²) in [5.74, 6) is 1.60. The van der Waals surface area contributed by atoms with Gasteiger partial charge in [0.25, 0.3) is 0 Å². The van der Waals surface area contributed by atoms with Crippen molar-refractivity contribution in [2.45, 2.75) is 25.6 Å². The standard InChI is InChI=1S/C23H20ClN3O3/c1-2-29-21-5-3-4-16-19-13-18(17-12-15(24)6-7-20(17)28)26-27(19)23(30-22(16)21)14-8-10-25-11-9-14/h3-12,19,23,28H,2,13H2,1H3/t19-,23-/m0/s1. The Hall–Kier alpha value is -3.25. The number of hydrogen-bond acceptors (Lipinski definition) is 6. The number of para-hydroxylation sites is 1. The monoisotopic (exact) mass is 421 g/mol. The van der Waals surface area contributed by atoms with Crippen LogP contribution in [0, 0.1) is 0 Å². The number of pyridine rings is 1. The van der Waals surface area contributed by atoms with Gasteiger partial charge in [0.05, 0.1) is 18.4 Å². The van der Waals surface area contributed by atoms with E-state index in [-0.39, 0.29) is 11.8 Å². The maximum Gasteiger partial charge on any atom is 0.214 e. The van der Waals surface area contributed by atoms with Crippen molar-refractivity contribution in [2.75, 3.05) is 6.61 Å². The molecule has 2 atom stereocenters. The number of aromatic nitrogens is 1. The molecular formula is C23H20ClN3O3. The minimum absolute atomic E-state index is 0.0549. The average Bonchev–Trinajstić information content (AvgIpc) is 3.21. The second-order valence-electron chi connectivity index (χ2n) is 7.17. The molecule has 30 heavy (non-hydrogen) atoms. The minimum atomic E-state index is -0.439. The minimum Gasteiger partial charge on any atom is -0.507 e. The highest BCUT2D eigenvalue weighted by atomic mass is 35.5. The van der Waals surface area contributed by atoms with Crippen molar-refractivity contribution in [3.8, 4) is 17.2 Å². The van der Waals surface area contributed by atoms with Crippen LogP contribution in [0.15, 0.2) is 66.0 Å². The van der Waals surface area contributed by atoms with Crippen LogP contribution >= 0.6 is 11.6 Å². The van der Waals surface area contributed by atoms with Gasteiger partial charge >= 0.3 is 0 Å². The number of halogens is 1. The molecule has 3 aromatic rings. The van der Waals surface area contributed by atoms with Crippen LogP contribution in [0.4, 0.5) is 0 Å². The molecule has 3 heterocycles. The van der Waals surface area contributed by atoms with E-state index < -0.39 is 6.23 Å². The predicted molar refractivity (Wildman–Crippen MR) is 114 cm³/mol. The predicted octanol–water partition coefficient (Wildman–Crippen LogP) is 5.08. The zero-order valence-electron chi connectivity index (χ0n) is 16.3. The Morgan fingerprint density at radius 2 is 2.03 bits per heavy atom. The molecule has 0 bridgehead atoms. The summed E-state index contributed by atoms with van der Waals surface area (Å²) in [6.45, 7) is 2.50. The Labute approximate surface area is 179 Å². The molecule has 0 amide bonds. The first-order chi connectivity index (χ1) is 14.7. The van der Waals surface area contributed by atoms with Gasteiger partial charge in [0.15, 0.2) is 11.5 Å². The number of phenolic OH excluding ortho intramolecular Hbond substituents is 1. The van der Waals surface area contributed by atoms with E-state index in [9.17, 15) is 5.11 Å². The van der Waals surface area contributed by atoms with E-state index in [0.29, 0.717) is 29.4 Å². The van der Waals surface area contributed by atoms with Crippen LogP contribution in [0.3, 0.4) is 0 Å². The lowest BCUT2D eigenvalue weighted by molar-refractivity contribution is -0.0212. The van der Waals surface area contributed by atoms with E-state index in [1.54, 1.807) is 30.6 Å². The zero-order chi connectivity index (χ0) is 20.7. The van der Waals surface area contributed by atoms with Crippen molar-refractivity contribution in [2.24, 2.45) is 5.10 Å². The molecule has 2 aromatic carbocycles. The van der Waals surface area contributed by atoms with Crippen molar-refractivity contribution < 1.29 is 14.6 Å². The van der Waals surface area contributed by atoms with Crippen LogP contribution in [0.25, 0.3) is 0 Å². The number of benzene rings is 2. The molecule has 152 valence electrons. The van der Waals surface area contributed by atoms with Crippen LogP contribution in [-0.4, -0.2) is 27.4 Å². The van der Waals surface area contributed by atoms with Gasteiger partial charge in [-0.2, -0.15) is 5.10 Å². The van der Waals surface area contributed by atoms with Crippen molar-refractivity contribution >= 4 is 17.3 Å². The average molecular weight is 422 g/mol. The van der Waals surface area contributed by atoms with Gasteiger partial charge in [-0.3, -0.25) is 4.98 Å². The second-order valence-corrected chi connectivity index (χ2v) is 7.60. The smallest absolute Gasteiger partial charge is 0.214 e. The first-order valence-corrected chi connectivity index (χ1v) is 10.2. The van der Waals surface area contributed by atoms with Crippen molar-refractivity contribution in [1.29, 1.82) is 0 Å². The lowest BCUT2D eigenvalue weighted by Crippen LogP contribution is -2.33. The van der Waals surface area contributed by atoms with E-state index in [1.165, 1.54) is 0 Å². The quantitative estimate of drug-likeness (QED) is 0.636. The molecule has 0 saturated carbocycles. The van der Waals surface area contributed by atoms with Gasteiger partial charge < -0.3 is 14.6 Å². The second kappa shape index (κ2) is 7.54. The molecular weight excluding hydrogens is 402 g/mol. The maximum atomic E-state index is 10.4. The maximum absolute atomic E-state index is 10.4. The molecule has 0 spiro atoms. The molecule has 7 heteroatoms. The zero-order valence-corrected chi connectivity index (χ0v) is 17.1. The Kier molecular flexibility index (Phi) is 4.71. The molecule has 2 aliphatic rings. The van der Waals surface area contributed by atoms with E-state index in [1.807, 2.05) is 42.3 Å². The number of rotatable bonds is 4. The number of nitrogens with zero attached hydrogens (tertiary/aromatic N) is 3. The molecule has 5 rings (SSSR count). The largest absolute Gasteiger partial charge is 0.507 e. The number of hydrogen-bond donors (Lipinski definition) is 1. The highest BCUT2D eigenvalue weighted by Gasteiger charge is 2.42. The summed E-state index contributed by atoms with van der Waals surface area (Å²) in [5, 5.41) is 17.8. The highest BCUT2D eigenvalue weighted by Crippen LogP contribution is 2.51. The summed E-state index contributed by atoms with van der Waals surface area (Å²) in [6.07, 6.45) is 3.65. The molecule has 0 aliphatic carbocycles. The van der Waals surface area contributed by atoms with Gasteiger partial charge in [0.2, 0.25) is 6.23 Å². The van der Waals surface area contributed by atoms with Gasteiger partial charge in [-0.1, -0.05) is 23.7 Å². The third kappa shape index (κ3) is 3.13. The normalized spacial score (nSPS) is 19.5. The molecule has 0 radical (unpaired) electrons. The molecule has 1 aromatic heterocycles. The summed E-state index contributed by atoms with van der Waals surface area (Å²) in [5.41, 5.74) is 3.34. The molecule has 0 saturated heterocycles. The number of hydrazone groups is 1. The fourth-order valence-corrected chi connectivity index (χ4v) is 4.18. The van der Waals surface area contributed by atoms with Crippen LogP contribution in [0.5, 0.6) is 17.2 Å². The van der Waals surface area contributed by atoms with Crippen molar-refractivity contribution in [3.05, 3.63) is 82.6 Å². The fraction of sp³-hybridized carbons (Fsp3) is 0.217. The van der Waals surface area contributed by atoms with Gasteiger partial charge in [0.1, 0.15) is 5.75 Å². The number of ether oxygens (including phenoxy) is 2. The van der Waals surface area contributed by atoms with Crippen LogP contribution in [-0.2, 0) is 0 Å². The van der Waals surface area contributed by atoms with Gasteiger partial charge in [-0.25, -0.2) is 5.01 Å². The summed E-state index contributed by atoms with van der Waals surface area (Å²) in [6, 6.07) is 14.7. The third-order valence-corrected chi connectivity index (χ3v) is 5.58. The number of phenols is 1. The summed E-state index contributed by atoms with van der Waals surface area (Å²) in [4.78, 5) is 4.12. The fourth-order valence-electron chi connectivity index (χ4n) is 4.00. The van der Waals surface area contributed by atoms with Gasteiger partial charge in [-0.05, 0) is 43.3 Å². The first-order valence-electron chi connectivity index (χ1n) is 9.82.